The van der Waals surface area contributed by atoms with E-state index >= 15 is 0 Å². The number of nitrogens with one attached hydrogen (secondary N) is 1. The number of rotatable bonds is 4. The van der Waals surface area contributed by atoms with E-state index in [0.717, 1.165) is 11.1 Å². The summed E-state index contributed by atoms with van der Waals surface area (Å²) in [5.74, 6) is -0.301. The van der Waals surface area contributed by atoms with Gasteiger partial charge in [-0.2, -0.15) is 0 Å². The fourth-order valence-electron chi connectivity index (χ4n) is 2.20. The van der Waals surface area contributed by atoms with Gasteiger partial charge in [0.1, 0.15) is 5.82 Å². The van der Waals surface area contributed by atoms with Crippen molar-refractivity contribution >= 4 is 5.91 Å². The molecule has 3 heteroatoms. The number of hydrogen-bond donors (Lipinski definition) is 1. The molecule has 0 radical (unpaired) electrons. The van der Waals surface area contributed by atoms with Gasteiger partial charge in [-0.15, -0.1) is 0 Å². The van der Waals surface area contributed by atoms with Crippen molar-refractivity contribution in [1.29, 1.82) is 0 Å². The lowest BCUT2D eigenvalue weighted by Gasteiger charge is -2.19. The number of carbonyl (C=O) groups excluding carboxylic acids is 1. The smallest absolute Gasteiger partial charge is 0.224 e. The van der Waals surface area contributed by atoms with Crippen LogP contribution in [0, 0.1) is 5.82 Å². The van der Waals surface area contributed by atoms with Crippen molar-refractivity contribution in [3.63, 3.8) is 0 Å². The molecule has 0 aliphatic heterocycles. The van der Waals surface area contributed by atoms with E-state index in [4.69, 9.17) is 0 Å². The minimum Gasteiger partial charge on any atom is -0.352 e. The Bertz CT molecular complexity index is 641. The van der Waals surface area contributed by atoms with Crippen molar-refractivity contribution in [3.8, 4) is 0 Å². The predicted octanol–water partition coefficient (Wildman–Crippen LogP) is 3.98. The maximum Gasteiger partial charge on any atom is 0.224 e. The van der Waals surface area contributed by atoms with E-state index in [-0.39, 0.29) is 17.1 Å². The molecule has 22 heavy (non-hydrogen) atoms. The van der Waals surface area contributed by atoms with Crippen LogP contribution in [0.4, 0.5) is 4.39 Å². The van der Waals surface area contributed by atoms with Crippen molar-refractivity contribution in [3.05, 3.63) is 71.0 Å². The summed E-state index contributed by atoms with van der Waals surface area (Å²) in [4.78, 5) is 12.0. The lowest BCUT2D eigenvalue weighted by molar-refractivity contribution is -0.120. The summed E-state index contributed by atoms with van der Waals surface area (Å²) in [6, 6.07) is 14.3. The van der Waals surface area contributed by atoms with Gasteiger partial charge in [0.2, 0.25) is 5.91 Å². The molecule has 0 spiro atoms. The van der Waals surface area contributed by atoms with Crippen LogP contribution < -0.4 is 5.32 Å². The van der Waals surface area contributed by atoms with Gasteiger partial charge in [-0.25, -0.2) is 4.39 Å². The van der Waals surface area contributed by atoms with Crippen LogP contribution in [0.3, 0.4) is 0 Å². The highest BCUT2D eigenvalue weighted by molar-refractivity contribution is 5.78. The summed E-state index contributed by atoms with van der Waals surface area (Å²) in [5.41, 5.74) is 3.18. The van der Waals surface area contributed by atoms with E-state index in [1.54, 1.807) is 12.1 Å². The second-order valence-corrected chi connectivity index (χ2v) is 6.53. The zero-order valence-corrected chi connectivity index (χ0v) is 13.3. The lowest BCUT2D eigenvalue weighted by Crippen LogP contribution is -2.24. The topological polar surface area (TPSA) is 29.1 Å². The molecule has 0 saturated heterocycles. The molecule has 2 aromatic rings. The third-order valence-corrected chi connectivity index (χ3v) is 3.56. The van der Waals surface area contributed by atoms with Gasteiger partial charge in [-0.05, 0) is 34.2 Å². The average Bonchev–Trinajstić information content (AvgIpc) is 2.46. The third kappa shape index (κ3) is 4.69. The molecule has 2 nitrogen and oxygen atoms in total. The molecule has 0 aliphatic rings. The zero-order valence-electron chi connectivity index (χ0n) is 13.3. The minimum atomic E-state index is -0.269. The summed E-state index contributed by atoms with van der Waals surface area (Å²) >= 11 is 0. The number of halogens is 1. The van der Waals surface area contributed by atoms with Crippen molar-refractivity contribution in [2.24, 2.45) is 0 Å². The first-order valence-electron chi connectivity index (χ1n) is 7.45. The molecule has 2 rings (SSSR count). The second-order valence-electron chi connectivity index (χ2n) is 6.53. The Hall–Kier alpha value is -2.16. The maximum atomic E-state index is 12.8. The Morgan fingerprint density at radius 3 is 2.36 bits per heavy atom. The van der Waals surface area contributed by atoms with Crippen LogP contribution in [0.25, 0.3) is 0 Å². The number of benzene rings is 2. The Morgan fingerprint density at radius 2 is 1.73 bits per heavy atom. The van der Waals surface area contributed by atoms with Crippen LogP contribution in [-0.2, 0) is 23.2 Å². The van der Waals surface area contributed by atoms with E-state index in [1.807, 2.05) is 12.1 Å². The second kappa shape index (κ2) is 6.73. The molecule has 0 heterocycles. The highest BCUT2D eigenvalue weighted by Gasteiger charge is 2.14. The molecule has 0 aliphatic carbocycles. The van der Waals surface area contributed by atoms with Crippen LogP contribution >= 0.6 is 0 Å². The van der Waals surface area contributed by atoms with Crippen molar-refractivity contribution in [1.82, 2.24) is 5.32 Å². The van der Waals surface area contributed by atoms with Crippen LogP contribution in [0.2, 0.25) is 0 Å². The van der Waals surface area contributed by atoms with E-state index in [1.165, 1.54) is 17.7 Å². The summed E-state index contributed by atoms with van der Waals surface area (Å²) < 4.78 is 12.8. The molecule has 0 bridgehead atoms. The molecule has 0 saturated carbocycles. The SMILES string of the molecule is CC(C)(C)c1cccc(CC(=O)NCc2ccc(F)cc2)c1. The van der Waals surface area contributed by atoms with Crippen LogP contribution in [0.5, 0.6) is 0 Å². The Labute approximate surface area is 131 Å². The molecule has 116 valence electrons. The summed E-state index contributed by atoms with van der Waals surface area (Å²) in [6.45, 7) is 6.88. The molecule has 1 amide bonds. The molecular formula is C19H22FNO. The zero-order chi connectivity index (χ0) is 16.2. The van der Waals surface area contributed by atoms with E-state index in [2.05, 4.69) is 38.2 Å². The molecular weight excluding hydrogens is 277 g/mol. The van der Waals surface area contributed by atoms with Crippen molar-refractivity contribution in [2.75, 3.05) is 0 Å². The number of amides is 1. The van der Waals surface area contributed by atoms with Crippen LogP contribution in [-0.4, -0.2) is 5.91 Å². The van der Waals surface area contributed by atoms with Gasteiger partial charge in [0, 0.05) is 6.54 Å². The van der Waals surface area contributed by atoms with Gasteiger partial charge in [0.05, 0.1) is 6.42 Å². The summed E-state index contributed by atoms with van der Waals surface area (Å²) in [5, 5.41) is 2.86. The highest BCUT2D eigenvalue weighted by atomic mass is 19.1. The summed E-state index contributed by atoms with van der Waals surface area (Å²) in [7, 11) is 0. The first kappa shape index (κ1) is 16.2. The Balaban J connectivity index is 1.93. The van der Waals surface area contributed by atoms with Crippen molar-refractivity contribution < 1.29 is 9.18 Å². The molecule has 2 aromatic carbocycles. The van der Waals surface area contributed by atoms with Gasteiger partial charge in [-0.3, -0.25) is 4.79 Å². The highest BCUT2D eigenvalue weighted by Crippen LogP contribution is 2.22. The summed E-state index contributed by atoms with van der Waals surface area (Å²) in [6.07, 6.45) is 0.352. The minimum absolute atomic E-state index is 0.0321. The molecule has 1 N–H and O–H groups in total. The average molecular weight is 299 g/mol. The Morgan fingerprint density at radius 1 is 1.05 bits per heavy atom. The number of hydrogen-bond acceptors (Lipinski definition) is 1. The van der Waals surface area contributed by atoms with Crippen molar-refractivity contribution in [2.45, 2.75) is 39.2 Å². The maximum absolute atomic E-state index is 12.8. The van der Waals surface area contributed by atoms with Gasteiger partial charge in [-0.1, -0.05) is 57.2 Å². The first-order valence-corrected chi connectivity index (χ1v) is 7.45. The van der Waals surface area contributed by atoms with E-state index in [9.17, 15) is 9.18 Å². The van der Waals surface area contributed by atoms with E-state index < -0.39 is 0 Å². The normalized spacial score (nSPS) is 11.3. The largest absolute Gasteiger partial charge is 0.352 e. The lowest BCUT2D eigenvalue weighted by atomic mass is 9.86. The van der Waals surface area contributed by atoms with Gasteiger partial charge < -0.3 is 5.32 Å². The van der Waals surface area contributed by atoms with Gasteiger partial charge in [0.25, 0.3) is 0 Å². The first-order chi connectivity index (χ1) is 10.3. The van der Waals surface area contributed by atoms with Crippen LogP contribution in [0.1, 0.15) is 37.5 Å². The van der Waals surface area contributed by atoms with E-state index in [0.29, 0.717) is 13.0 Å². The molecule has 0 fully saturated rings. The monoisotopic (exact) mass is 299 g/mol. The molecule has 0 aromatic heterocycles. The van der Waals surface area contributed by atoms with Gasteiger partial charge >= 0.3 is 0 Å². The quantitative estimate of drug-likeness (QED) is 0.909. The van der Waals surface area contributed by atoms with Crippen LogP contribution in [0.15, 0.2) is 48.5 Å². The molecule has 0 unspecified atom stereocenters. The fraction of sp³-hybridized carbons (Fsp3) is 0.316. The number of carbonyl (C=O) groups is 1. The predicted molar refractivity (Wildman–Crippen MR) is 87.1 cm³/mol. The fourth-order valence-corrected chi connectivity index (χ4v) is 2.20. The third-order valence-electron chi connectivity index (χ3n) is 3.56. The standard InChI is InChI=1S/C19H22FNO/c1-19(2,3)16-6-4-5-15(11-16)12-18(22)21-13-14-7-9-17(20)10-8-14/h4-11H,12-13H2,1-3H3,(H,21,22). The van der Waals surface area contributed by atoms with Gasteiger partial charge in [0.15, 0.2) is 0 Å². The molecule has 0 atom stereocenters. The Kier molecular flexibility index (Phi) is 4.96.